The lowest BCUT2D eigenvalue weighted by molar-refractivity contribution is 0.0698. The molecule has 0 unspecified atom stereocenters. The number of carbonyl (C=O) groups is 1. The first-order valence-electron chi connectivity index (χ1n) is 5.11. The van der Waals surface area contributed by atoms with Crippen LogP contribution in [-0.2, 0) is 19.9 Å². The molecule has 108 valence electrons. The Labute approximate surface area is 115 Å². The topological polar surface area (TPSA) is 118 Å². The van der Waals surface area contributed by atoms with E-state index >= 15 is 0 Å². The zero-order valence-corrected chi connectivity index (χ0v) is 12.4. The molecule has 1 aromatic rings. The molecule has 1 rings (SSSR count). The molecule has 0 bridgehead atoms. The van der Waals surface area contributed by atoms with Gasteiger partial charge in [0.1, 0.15) is 19.6 Å². The van der Waals surface area contributed by atoms with Gasteiger partial charge in [-0.25, -0.2) is 26.4 Å². The van der Waals surface area contributed by atoms with E-state index in [1.165, 1.54) is 11.4 Å². The van der Waals surface area contributed by atoms with Crippen molar-refractivity contribution in [1.29, 1.82) is 0 Å². The molecule has 0 aromatic carbocycles. The second-order valence-electron chi connectivity index (χ2n) is 3.80. The molecular weight excluding hydrogens is 314 g/mol. The fraction of sp³-hybridized carbons (Fsp3) is 0.444. The van der Waals surface area contributed by atoms with E-state index in [2.05, 4.69) is 4.72 Å². The first-order chi connectivity index (χ1) is 8.63. The third-order valence-corrected chi connectivity index (χ3v) is 5.66. The average molecular weight is 327 g/mol. The molecule has 7 nitrogen and oxygen atoms in total. The normalized spacial score (nSPS) is 12.5. The third kappa shape index (κ3) is 4.90. The van der Waals surface area contributed by atoms with Gasteiger partial charge in [-0.05, 0) is 17.9 Å². The van der Waals surface area contributed by atoms with Crippen LogP contribution < -0.4 is 4.72 Å². The largest absolute Gasteiger partial charge is 0.477 e. The summed E-state index contributed by atoms with van der Waals surface area (Å²) in [5.41, 5.74) is 0. The summed E-state index contributed by atoms with van der Waals surface area (Å²) in [4.78, 5) is 10.3. The van der Waals surface area contributed by atoms with E-state index < -0.39 is 25.8 Å². The van der Waals surface area contributed by atoms with Crippen LogP contribution in [0.2, 0.25) is 0 Å². The molecule has 0 spiro atoms. The van der Waals surface area contributed by atoms with Crippen LogP contribution in [0.5, 0.6) is 0 Å². The van der Waals surface area contributed by atoms with Crippen molar-refractivity contribution in [3.05, 3.63) is 16.3 Å². The summed E-state index contributed by atoms with van der Waals surface area (Å²) < 4.78 is 47.6. The highest BCUT2D eigenvalue weighted by atomic mass is 32.2. The number of rotatable bonds is 7. The van der Waals surface area contributed by atoms with Crippen molar-refractivity contribution >= 4 is 37.2 Å². The Bertz CT molecular complexity index is 658. The molecule has 0 saturated heterocycles. The maximum atomic E-state index is 11.8. The summed E-state index contributed by atoms with van der Waals surface area (Å²) in [6.45, 7) is -0.0652. The first-order valence-corrected chi connectivity index (χ1v) is 9.54. The van der Waals surface area contributed by atoms with E-state index in [-0.39, 0.29) is 28.5 Å². The van der Waals surface area contributed by atoms with E-state index in [9.17, 15) is 21.6 Å². The van der Waals surface area contributed by atoms with Gasteiger partial charge in [0.2, 0.25) is 10.0 Å². The molecule has 0 aliphatic heterocycles. The molecule has 0 radical (unpaired) electrons. The number of thiophene rings is 1. The van der Waals surface area contributed by atoms with Crippen LogP contribution >= 0.6 is 11.3 Å². The number of carboxylic acids is 1. The number of aromatic carboxylic acids is 1. The minimum Gasteiger partial charge on any atom is -0.477 e. The summed E-state index contributed by atoms with van der Waals surface area (Å²) >= 11 is 0.813. The molecule has 0 fully saturated rings. The minimum atomic E-state index is -3.93. The lowest BCUT2D eigenvalue weighted by atomic mass is 10.5. The van der Waals surface area contributed by atoms with Crippen molar-refractivity contribution in [2.24, 2.45) is 0 Å². The van der Waals surface area contributed by atoms with Crippen molar-refractivity contribution in [1.82, 2.24) is 4.72 Å². The molecule has 0 atom stereocenters. The molecule has 1 aromatic heterocycles. The SMILES string of the molecule is CS(=O)(=O)CCCNS(=O)(=O)c1ccsc1C(=O)O. The maximum Gasteiger partial charge on any atom is 0.347 e. The smallest absolute Gasteiger partial charge is 0.347 e. The van der Waals surface area contributed by atoms with Gasteiger partial charge < -0.3 is 5.11 Å². The second kappa shape index (κ2) is 5.99. The zero-order chi connectivity index (χ0) is 14.7. The van der Waals surface area contributed by atoms with Crippen LogP contribution in [0.25, 0.3) is 0 Å². The van der Waals surface area contributed by atoms with Gasteiger partial charge in [-0.3, -0.25) is 0 Å². The molecule has 0 aliphatic carbocycles. The Morgan fingerprint density at radius 1 is 1.37 bits per heavy atom. The predicted molar refractivity (Wildman–Crippen MR) is 70.8 cm³/mol. The molecule has 1 heterocycles. The van der Waals surface area contributed by atoms with Crippen LogP contribution in [0.3, 0.4) is 0 Å². The molecule has 0 aliphatic rings. The van der Waals surface area contributed by atoms with E-state index in [4.69, 9.17) is 5.11 Å². The van der Waals surface area contributed by atoms with Crippen molar-refractivity contribution in [2.75, 3.05) is 18.6 Å². The fourth-order valence-corrected chi connectivity index (χ4v) is 4.28. The summed E-state index contributed by atoms with van der Waals surface area (Å²) in [6.07, 6.45) is 1.19. The summed E-state index contributed by atoms with van der Waals surface area (Å²) in [7, 11) is -7.07. The molecule has 2 N–H and O–H groups in total. The second-order valence-corrected chi connectivity index (χ2v) is 8.71. The quantitative estimate of drug-likeness (QED) is 0.689. The molecule has 19 heavy (non-hydrogen) atoms. The van der Waals surface area contributed by atoms with Crippen molar-refractivity contribution in [3.63, 3.8) is 0 Å². The lowest BCUT2D eigenvalue weighted by Gasteiger charge is -2.05. The predicted octanol–water partition coefficient (Wildman–Crippen LogP) is 0.159. The summed E-state index contributed by atoms with van der Waals surface area (Å²) in [5.74, 6) is -1.45. The Balaban J connectivity index is 2.72. The van der Waals surface area contributed by atoms with Crippen molar-refractivity contribution < 1.29 is 26.7 Å². The Morgan fingerprint density at radius 3 is 2.53 bits per heavy atom. The number of hydrogen-bond donors (Lipinski definition) is 2. The van der Waals surface area contributed by atoms with Gasteiger partial charge >= 0.3 is 5.97 Å². The molecule has 0 saturated carbocycles. The molecular formula is C9H13NO6S3. The van der Waals surface area contributed by atoms with E-state index in [0.29, 0.717) is 0 Å². The van der Waals surface area contributed by atoms with Gasteiger partial charge in [0.25, 0.3) is 0 Å². The fourth-order valence-electron chi connectivity index (χ4n) is 1.28. The highest BCUT2D eigenvalue weighted by Gasteiger charge is 2.23. The van der Waals surface area contributed by atoms with E-state index in [0.717, 1.165) is 17.6 Å². The Hall–Kier alpha value is -0.970. The standard InChI is InChI=1S/C9H13NO6S3/c1-18(13,14)6-2-4-10-19(15,16)7-3-5-17-8(7)9(11)12/h3,5,10H,2,4,6H2,1H3,(H,11,12). The third-order valence-electron chi connectivity index (χ3n) is 2.10. The van der Waals surface area contributed by atoms with Crippen LogP contribution in [0.4, 0.5) is 0 Å². The Kier molecular flexibility index (Phi) is 5.07. The zero-order valence-electron chi connectivity index (χ0n) is 9.99. The summed E-state index contributed by atoms with van der Waals surface area (Å²) in [5, 5.41) is 10.2. The average Bonchev–Trinajstić information content (AvgIpc) is 2.72. The number of sulfonamides is 1. The molecule has 0 amide bonds. The number of carboxylic acid groups (broad SMARTS) is 1. The van der Waals surface area contributed by atoms with Gasteiger partial charge in [-0.15, -0.1) is 11.3 Å². The maximum absolute atomic E-state index is 11.8. The minimum absolute atomic E-state index is 0.0652. The van der Waals surface area contributed by atoms with Gasteiger partial charge in [0.15, 0.2) is 0 Å². The van der Waals surface area contributed by atoms with Crippen molar-refractivity contribution in [3.8, 4) is 0 Å². The van der Waals surface area contributed by atoms with Crippen LogP contribution in [0.1, 0.15) is 16.1 Å². The first kappa shape index (κ1) is 16.1. The van der Waals surface area contributed by atoms with Gasteiger partial charge in [-0.2, -0.15) is 0 Å². The molecule has 10 heteroatoms. The Morgan fingerprint density at radius 2 is 2.00 bits per heavy atom. The van der Waals surface area contributed by atoms with E-state index in [1.54, 1.807) is 0 Å². The van der Waals surface area contributed by atoms with Crippen molar-refractivity contribution in [2.45, 2.75) is 11.3 Å². The number of nitrogens with one attached hydrogen (secondary N) is 1. The monoisotopic (exact) mass is 327 g/mol. The number of sulfone groups is 1. The van der Waals surface area contributed by atoms with Gasteiger partial charge in [0, 0.05) is 12.8 Å². The van der Waals surface area contributed by atoms with Crippen LogP contribution in [0.15, 0.2) is 16.3 Å². The van der Waals surface area contributed by atoms with Crippen LogP contribution in [0, 0.1) is 0 Å². The summed E-state index contributed by atoms with van der Waals surface area (Å²) in [6, 6.07) is 1.20. The van der Waals surface area contributed by atoms with Gasteiger partial charge in [-0.1, -0.05) is 0 Å². The lowest BCUT2D eigenvalue weighted by Crippen LogP contribution is -2.27. The van der Waals surface area contributed by atoms with Crippen LogP contribution in [-0.4, -0.2) is 46.5 Å². The van der Waals surface area contributed by atoms with E-state index in [1.807, 2.05) is 0 Å². The highest BCUT2D eigenvalue weighted by Crippen LogP contribution is 2.21. The van der Waals surface area contributed by atoms with Gasteiger partial charge in [0.05, 0.1) is 5.75 Å². The number of hydrogen-bond acceptors (Lipinski definition) is 6. The highest BCUT2D eigenvalue weighted by molar-refractivity contribution is 7.90.